The predicted molar refractivity (Wildman–Crippen MR) is 108 cm³/mol. The Balaban J connectivity index is 1.86. The van der Waals surface area contributed by atoms with Crippen molar-refractivity contribution in [2.45, 2.75) is 4.90 Å². The fourth-order valence-electron chi connectivity index (χ4n) is 2.22. The van der Waals surface area contributed by atoms with Gasteiger partial charge in [-0.3, -0.25) is 20.2 Å². The average Bonchev–Trinajstić information content (AvgIpc) is 2.60. The summed E-state index contributed by atoms with van der Waals surface area (Å²) in [5.41, 5.74) is 0.210. The number of amides is 2. The van der Waals surface area contributed by atoms with E-state index in [0.717, 1.165) is 0 Å². The molecule has 0 bridgehead atoms. The van der Waals surface area contributed by atoms with Gasteiger partial charge in [-0.25, -0.2) is 0 Å². The zero-order valence-corrected chi connectivity index (χ0v) is 16.9. The first-order chi connectivity index (χ1) is 13.2. The second-order valence-corrected chi connectivity index (χ2v) is 8.27. The van der Waals surface area contributed by atoms with E-state index >= 15 is 0 Å². The van der Waals surface area contributed by atoms with Crippen LogP contribution in [0.1, 0.15) is 5.56 Å². The molecule has 1 heterocycles. The Hall–Kier alpha value is -2.46. The molecule has 1 fully saturated rings. The minimum atomic E-state index is -4.12. The fourth-order valence-corrected chi connectivity index (χ4v) is 3.75. The Morgan fingerprint density at radius 1 is 0.964 bits per heavy atom. The van der Waals surface area contributed by atoms with Crippen molar-refractivity contribution in [3.05, 3.63) is 63.6 Å². The van der Waals surface area contributed by atoms with Crippen LogP contribution < -0.4 is 14.8 Å². The summed E-state index contributed by atoms with van der Waals surface area (Å²) >= 11 is 16.6. The molecule has 0 radical (unpaired) electrons. The highest BCUT2D eigenvalue weighted by Gasteiger charge is 2.26. The van der Waals surface area contributed by atoms with Crippen LogP contribution in [0.25, 0.3) is 6.08 Å². The van der Waals surface area contributed by atoms with E-state index in [2.05, 4.69) is 10.6 Å². The van der Waals surface area contributed by atoms with Crippen molar-refractivity contribution in [3.63, 3.8) is 0 Å². The average molecular weight is 457 g/mol. The Morgan fingerprint density at radius 2 is 1.57 bits per heavy atom. The lowest BCUT2D eigenvalue weighted by molar-refractivity contribution is -0.123. The second-order valence-electron chi connectivity index (χ2n) is 5.48. The van der Waals surface area contributed by atoms with Gasteiger partial charge in [0.15, 0.2) is 10.9 Å². The highest BCUT2D eigenvalue weighted by molar-refractivity contribution is 7.87. The van der Waals surface area contributed by atoms with Crippen LogP contribution in [-0.2, 0) is 19.7 Å². The molecule has 2 aromatic rings. The van der Waals surface area contributed by atoms with E-state index in [1.807, 2.05) is 0 Å². The maximum absolute atomic E-state index is 12.3. The lowest BCUT2D eigenvalue weighted by atomic mass is 10.1. The highest BCUT2D eigenvalue weighted by atomic mass is 35.5. The van der Waals surface area contributed by atoms with Crippen molar-refractivity contribution >= 4 is 68.5 Å². The smallest absolute Gasteiger partial charge is 0.339 e. The van der Waals surface area contributed by atoms with Crippen LogP contribution in [0, 0.1) is 0 Å². The third-order valence-electron chi connectivity index (χ3n) is 3.51. The summed E-state index contributed by atoms with van der Waals surface area (Å²) in [5.74, 6) is -1.43. The molecule has 3 rings (SSSR count). The van der Waals surface area contributed by atoms with Gasteiger partial charge < -0.3 is 4.18 Å². The molecule has 11 heteroatoms. The first-order valence-electron chi connectivity index (χ1n) is 7.54. The number of halogens is 2. The van der Waals surface area contributed by atoms with Crippen molar-refractivity contribution in [2.75, 3.05) is 0 Å². The molecule has 0 unspecified atom stereocenters. The van der Waals surface area contributed by atoms with E-state index in [1.54, 1.807) is 0 Å². The van der Waals surface area contributed by atoms with E-state index in [0.29, 0.717) is 10.6 Å². The Kier molecular flexibility index (Phi) is 5.71. The van der Waals surface area contributed by atoms with Crippen LogP contribution >= 0.6 is 35.4 Å². The summed E-state index contributed by atoms with van der Waals surface area (Å²) in [6.45, 7) is 0. The van der Waals surface area contributed by atoms with E-state index in [4.69, 9.17) is 39.6 Å². The Morgan fingerprint density at radius 3 is 2.14 bits per heavy atom. The Bertz CT molecular complexity index is 1110. The van der Waals surface area contributed by atoms with Crippen molar-refractivity contribution in [1.29, 1.82) is 0 Å². The van der Waals surface area contributed by atoms with Gasteiger partial charge in [0.05, 0.1) is 5.02 Å². The zero-order chi connectivity index (χ0) is 20.5. The molecule has 0 aromatic heterocycles. The van der Waals surface area contributed by atoms with Gasteiger partial charge in [0, 0.05) is 5.02 Å². The van der Waals surface area contributed by atoms with Gasteiger partial charge >= 0.3 is 10.1 Å². The van der Waals surface area contributed by atoms with Crippen molar-refractivity contribution in [3.8, 4) is 5.75 Å². The first kappa shape index (κ1) is 20.3. The van der Waals surface area contributed by atoms with E-state index in [1.165, 1.54) is 48.5 Å². The van der Waals surface area contributed by atoms with Crippen LogP contribution in [0.5, 0.6) is 5.75 Å². The molecule has 144 valence electrons. The number of nitrogens with one attached hydrogen (secondary N) is 2. The number of rotatable bonds is 4. The van der Waals surface area contributed by atoms with Gasteiger partial charge in [-0.2, -0.15) is 8.42 Å². The second kappa shape index (κ2) is 7.88. The molecule has 7 nitrogen and oxygen atoms in total. The van der Waals surface area contributed by atoms with E-state index in [-0.39, 0.29) is 26.4 Å². The third-order valence-corrected chi connectivity index (χ3v) is 5.51. The van der Waals surface area contributed by atoms with Crippen LogP contribution in [-0.4, -0.2) is 25.3 Å². The lowest BCUT2D eigenvalue weighted by Gasteiger charge is -2.16. The molecule has 0 atom stereocenters. The molecular weight excluding hydrogens is 447 g/mol. The van der Waals surface area contributed by atoms with Gasteiger partial charge in [-0.05, 0) is 60.3 Å². The normalized spacial score (nSPS) is 14.4. The van der Waals surface area contributed by atoms with Crippen molar-refractivity contribution < 1.29 is 22.2 Å². The quantitative estimate of drug-likeness (QED) is 0.317. The topological polar surface area (TPSA) is 102 Å². The highest BCUT2D eigenvalue weighted by Crippen LogP contribution is 2.29. The molecular formula is C17H10Cl2N2O5S2. The monoisotopic (exact) mass is 456 g/mol. The lowest BCUT2D eigenvalue weighted by Crippen LogP contribution is -2.51. The van der Waals surface area contributed by atoms with Crippen LogP contribution in [0.3, 0.4) is 0 Å². The zero-order valence-electron chi connectivity index (χ0n) is 13.7. The maximum atomic E-state index is 12.3. The molecule has 28 heavy (non-hydrogen) atoms. The summed E-state index contributed by atoms with van der Waals surface area (Å²) < 4.78 is 29.7. The third kappa shape index (κ3) is 4.50. The van der Waals surface area contributed by atoms with E-state index < -0.39 is 21.9 Å². The number of carbonyl (C=O) groups excluding carboxylic acids is 2. The maximum Gasteiger partial charge on any atom is 0.339 e. The number of carbonyl (C=O) groups is 2. The summed E-state index contributed by atoms with van der Waals surface area (Å²) in [5, 5.41) is 4.88. The number of benzene rings is 2. The molecule has 1 aliphatic rings. The van der Waals surface area contributed by atoms with Gasteiger partial charge in [0.2, 0.25) is 0 Å². The summed E-state index contributed by atoms with van der Waals surface area (Å²) in [7, 11) is -4.12. The largest absolute Gasteiger partial charge is 0.377 e. The molecule has 1 saturated heterocycles. The van der Waals surface area contributed by atoms with Gasteiger partial charge in [0.25, 0.3) is 11.8 Å². The van der Waals surface area contributed by atoms with Gasteiger partial charge in [-0.1, -0.05) is 29.3 Å². The van der Waals surface area contributed by atoms with Crippen LogP contribution in [0.15, 0.2) is 52.9 Å². The molecule has 2 N–H and O–H groups in total. The molecule has 0 saturated carbocycles. The standard InChI is InChI=1S/C17H10Cl2N2O5S2/c18-10-2-4-11(5-3-10)28(24,25)26-14-6-1-9(8-13(14)19)7-12-15(22)20-17(27)21-16(12)23/h1-8H,(H2,20,21,22,23,27). The molecule has 0 aliphatic carbocycles. The van der Waals surface area contributed by atoms with Gasteiger partial charge in [-0.15, -0.1) is 0 Å². The SMILES string of the molecule is O=C1NC(=S)NC(=O)C1=Cc1ccc(OS(=O)(=O)c2ccc(Cl)cc2)c(Cl)c1. The van der Waals surface area contributed by atoms with Crippen molar-refractivity contribution in [1.82, 2.24) is 10.6 Å². The minimum Gasteiger partial charge on any atom is -0.377 e. The summed E-state index contributed by atoms with van der Waals surface area (Å²) in [6, 6.07) is 9.55. The molecule has 1 aliphatic heterocycles. The minimum absolute atomic E-state index is 0.0287. The number of hydrogen-bond donors (Lipinski definition) is 2. The fraction of sp³-hybridized carbons (Fsp3) is 0. The number of thiocarbonyl (C=S) groups is 1. The predicted octanol–water partition coefficient (Wildman–Crippen LogP) is 2.68. The van der Waals surface area contributed by atoms with E-state index in [9.17, 15) is 18.0 Å². The molecule has 0 spiro atoms. The van der Waals surface area contributed by atoms with Crippen LogP contribution in [0.2, 0.25) is 10.0 Å². The molecule has 2 amide bonds. The summed E-state index contributed by atoms with van der Waals surface area (Å²) in [6.07, 6.45) is 1.29. The number of hydrogen-bond acceptors (Lipinski definition) is 6. The Labute approximate surface area is 175 Å². The van der Waals surface area contributed by atoms with Gasteiger partial charge in [0.1, 0.15) is 10.5 Å². The van der Waals surface area contributed by atoms with Crippen LogP contribution in [0.4, 0.5) is 0 Å². The van der Waals surface area contributed by atoms with Crippen molar-refractivity contribution in [2.24, 2.45) is 0 Å². The molecule has 2 aromatic carbocycles. The first-order valence-corrected chi connectivity index (χ1v) is 10.1. The summed E-state index contributed by atoms with van der Waals surface area (Å²) in [4.78, 5) is 23.6.